The molecule has 1 N–H and O–H groups in total. The summed E-state index contributed by atoms with van der Waals surface area (Å²) in [4.78, 5) is 0. The highest BCUT2D eigenvalue weighted by Gasteiger charge is 2.35. The largest absolute Gasteiger partial charge is 0.374 e. The first-order valence-corrected chi connectivity index (χ1v) is 8.07. The first-order chi connectivity index (χ1) is 9.16. The van der Waals surface area contributed by atoms with Crippen molar-refractivity contribution in [1.29, 1.82) is 0 Å². The number of nitrogens with one attached hydrogen (secondary N) is 1. The molecule has 1 aliphatic heterocycles. The van der Waals surface area contributed by atoms with Gasteiger partial charge in [0.2, 0.25) is 0 Å². The van der Waals surface area contributed by atoms with E-state index < -0.39 is 0 Å². The summed E-state index contributed by atoms with van der Waals surface area (Å²) in [6.45, 7) is 4.17. The van der Waals surface area contributed by atoms with Gasteiger partial charge in [0.1, 0.15) is 0 Å². The normalized spacial score (nSPS) is 34.2. The fourth-order valence-electron chi connectivity index (χ4n) is 3.18. The Morgan fingerprint density at radius 2 is 2.16 bits per heavy atom. The highest BCUT2D eigenvalue weighted by Crippen LogP contribution is 2.40. The average Bonchev–Trinajstić information content (AvgIpc) is 2.77. The van der Waals surface area contributed by atoms with Crippen molar-refractivity contribution in [3.63, 3.8) is 0 Å². The summed E-state index contributed by atoms with van der Waals surface area (Å²) in [7, 11) is 0. The van der Waals surface area contributed by atoms with Crippen LogP contribution in [0, 0.1) is 0 Å². The zero-order valence-electron chi connectivity index (χ0n) is 11.5. The maximum atomic E-state index is 5.82. The van der Waals surface area contributed by atoms with Crippen molar-refractivity contribution in [2.75, 3.05) is 13.2 Å². The van der Waals surface area contributed by atoms with Gasteiger partial charge >= 0.3 is 0 Å². The summed E-state index contributed by atoms with van der Waals surface area (Å²) in [6.07, 6.45) is 4.90. The second-order valence-electron chi connectivity index (χ2n) is 6.17. The molecule has 104 valence electrons. The number of hydrogen-bond acceptors (Lipinski definition) is 2. The Labute approximate surface area is 124 Å². The molecule has 1 aromatic rings. The van der Waals surface area contributed by atoms with Crippen molar-refractivity contribution in [2.24, 2.45) is 0 Å². The molecule has 0 amide bonds. The van der Waals surface area contributed by atoms with E-state index in [4.69, 9.17) is 4.74 Å². The lowest BCUT2D eigenvalue weighted by atomic mass is 9.75. The van der Waals surface area contributed by atoms with E-state index in [0.717, 1.165) is 13.2 Å². The molecule has 0 radical (unpaired) electrons. The lowest BCUT2D eigenvalue weighted by molar-refractivity contribution is 0.0158. The number of benzene rings is 1. The van der Waals surface area contributed by atoms with Crippen LogP contribution >= 0.6 is 15.9 Å². The molecule has 2 aliphatic rings. The topological polar surface area (TPSA) is 21.3 Å². The summed E-state index contributed by atoms with van der Waals surface area (Å²) in [5, 5.41) is 3.68. The van der Waals surface area contributed by atoms with E-state index in [1.165, 1.54) is 35.7 Å². The molecule has 1 saturated carbocycles. The monoisotopic (exact) mass is 323 g/mol. The fraction of sp³-hybridized carbons (Fsp3) is 0.625. The van der Waals surface area contributed by atoms with Crippen LogP contribution in [-0.4, -0.2) is 24.8 Å². The fourth-order valence-corrected chi connectivity index (χ4v) is 3.79. The Morgan fingerprint density at radius 1 is 1.37 bits per heavy atom. The molecule has 1 heterocycles. The van der Waals surface area contributed by atoms with Crippen LogP contribution in [0.1, 0.15) is 44.1 Å². The van der Waals surface area contributed by atoms with Crippen LogP contribution in [0.4, 0.5) is 0 Å². The molecule has 0 bridgehead atoms. The highest BCUT2D eigenvalue weighted by atomic mass is 79.9. The van der Waals surface area contributed by atoms with Crippen molar-refractivity contribution in [1.82, 2.24) is 5.32 Å². The van der Waals surface area contributed by atoms with Gasteiger partial charge in [-0.3, -0.25) is 0 Å². The summed E-state index contributed by atoms with van der Waals surface area (Å²) in [5.74, 6) is 0.713. The van der Waals surface area contributed by atoms with Crippen molar-refractivity contribution in [2.45, 2.75) is 50.2 Å². The van der Waals surface area contributed by atoms with E-state index in [0.29, 0.717) is 12.0 Å². The molecule has 1 atom stereocenters. The Morgan fingerprint density at radius 3 is 2.84 bits per heavy atom. The van der Waals surface area contributed by atoms with Gasteiger partial charge < -0.3 is 10.1 Å². The van der Waals surface area contributed by atoms with Crippen LogP contribution in [0.15, 0.2) is 28.7 Å². The van der Waals surface area contributed by atoms with E-state index in [9.17, 15) is 0 Å². The zero-order valence-corrected chi connectivity index (χ0v) is 13.1. The minimum absolute atomic E-state index is 0.0818. The molecule has 2 nitrogen and oxygen atoms in total. The van der Waals surface area contributed by atoms with Crippen LogP contribution < -0.4 is 5.32 Å². The first-order valence-electron chi connectivity index (χ1n) is 7.28. The van der Waals surface area contributed by atoms with E-state index in [1.54, 1.807) is 0 Å². The van der Waals surface area contributed by atoms with Crippen LogP contribution in [0.5, 0.6) is 0 Å². The van der Waals surface area contributed by atoms with Gasteiger partial charge in [0.05, 0.1) is 5.60 Å². The summed E-state index contributed by atoms with van der Waals surface area (Å²) < 4.78 is 7.07. The minimum Gasteiger partial charge on any atom is -0.374 e. The molecule has 1 unspecified atom stereocenters. The Bertz CT molecular complexity index is 436. The summed E-state index contributed by atoms with van der Waals surface area (Å²) in [6, 6.07) is 9.27. The van der Waals surface area contributed by atoms with Crippen molar-refractivity contribution < 1.29 is 4.74 Å². The standard InChI is InChI=1S/C16H22BrNO/c1-16(7-4-8-19-16)11-18-13-9-12(10-13)14-5-2-3-6-15(14)17/h2-3,5-6,12-13,18H,4,7-11H2,1H3. The number of halogens is 1. The number of hydrogen-bond donors (Lipinski definition) is 1. The smallest absolute Gasteiger partial charge is 0.0779 e. The molecule has 19 heavy (non-hydrogen) atoms. The van der Waals surface area contributed by atoms with Crippen molar-refractivity contribution >= 4 is 15.9 Å². The Kier molecular flexibility index (Phi) is 3.97. The summed E-state index contributed by atoms with van der Waals surface area (Å²) >= 11 is 3.65. The van der Waals surface area contributed by atoms with Crippen LogP contribution in [-0.2, 0) is 4.74 Å². The maximum absolute atomic E-state index is 5.82. The number of rotatable bonds is 4. The molecule has 2 fully saturated rings. The van der Waals surface area contributed by atoms with Crippen LogP contribution in [0.2, 0.25) is 0 Å². The van der Waals surface area contributed by atoms with Crippen LogP contribution in [0.3, 0.4) is 0 Å². The third kappa shape index (κ3) is 3.04. The molecular formula is C16H22BrNO. The quantitative estimate of drug-likeness (QED) is 0.908. The van der Waals surface area contributed by atoms with Gasteiger partial charge in [-0.05, 0) is 50.2 Å². The lowest BCUT2D eigenvalue weighted by Gasteiger charge is -2.38. The van der Waals surface area contributed by atoms with E-state index in [2.05, 4.69) is 52.4 Å². The van der Waals surface area contributed by atoms with Gasteiger partial charge in [0.15, 0.2) is 0 Å². The van der Waals surface area contributed by atoms with Crippen molar-refractivity contribution in [3.8, 4) is 0 Å². The predicted octanol–water partition coefficient (Wildman–Crippen LogP) is 3.85. The van der Waals surface area contributed by atoms with Gasteiger partial charge in [-0.25, -0.2) is 0 Å². The van der Waals surface area contributed by atoms with Gasteiger partial charge in [-0.1, -0.05) is 34.1 Å². The molecule has 1 saturated heterocycles. The number of ether oxygens (including phenoxy) is 1. The average molecular weight is 324 g/mol. The van der Waals surface area contributed by atoms with E-state index in [-0.39, 0.29) is 5.60 Å². The molecule has 3 rings (SSSR count). The second kappa shape index (κ2) is 5.55. The lowest BCUT2D eigenvalue weighted by Crippen LogP contribution is -2.47. The van der Waals surface area contributed by atoms with Crippen molar-refractivity contribution in [3.05, 3.63) is 34.3 Å². The highest BCUT2D eigenvalue weighted by molar-refractivity contribution is 9.10. The van der Waals surface area contributed by atoms with Gasteiger partial charge in [0, 0.05) is 23.7 Å². The Hall–Kier alpha value is -0.380. The molecule has 0 aromatic heterocycles. The third-order valence-corrected chi connectivity index (χ3v) is 5.27. The summed E-state index contributed by atoms with van der Waals surface area (Å²) in [5.41, 5.74) is 1.54. The molecular weight excluding hydrogens is 302 g/mol. The van der Waals surface area contributed by atoms with Gasteiger partial charge in [-0.2, -0.15) is 0 Å². The zero-order chi connectivity index (χ0) is 13.3. The first kappa shape index (κ1) is 13.6. The van der Waals surface area contributed by atoms with Crippen LogP contribution in [0.25, 0.3) is 0 Å². The van der Waals surface area contributed by atoms with E-state index in [1.807, 2.05) is 0 Å². The maximum Gasteiger partial charge on any atom is 0.0779 e. The molecule has 0 spiro atoms. The van der Waals surface area contributed by atoms with Gasteiger partial charge in [0.25, 0.3) is 0 Å². The third-order valence-electron chi connectivity index (χ3n) is 4.55. The predicted molar refractivity (Wildman–Crippen MR) is 81.5 cm³/mol. The van der Waals surface area contributed by atoms with Gasteiger partial charge in [-0.15, -0.1) is 0 Å². The molecule has 1 aliphatic carbocycles. The molecule has 3 heteroatoms. The Balaban J connectivity index is 1.47. The minimum atomic E-state index is 0.0818. The molecule has 1 aromatic carbocycles. The second-order valence-corrected chi connectivity index (χ2v) is 7.02. The van der Waals surface area contributed by atoms with E-state index >= 15 is 0 Å². The SMILES string of the molecule is CC1(CNC2CC(c3ccccc3Br)C2)CCCO1.